The van der Waals surface area contributed by atoms with E-state index < -0.39 is 23.9 Å². The molecule has 0 aliphatic carbocycles. The Morgan fingerprint density at radius 2 is 1.46 bits per heavy atom. The summed E-state index contributed by atoms with van der Waals surface area (Å²) in [6, 6.07) is 4.22. The average Bonchev–Trinajstić information content (AvgIpc) is 2.47. The summed E-state index contributed by atoms with van der Waals surface area (Å²) < 4.78 is 10.7. The molecule has 1 aromatic carbocycles. The van der Waals surface area contributed by atoms with Crippen molar-refractivity contribution in [2.45, 2.75) is 53.0 Å². The molecule has 1 unspecified atom stereocenters. The van der Waals surface area contributed by atoms with Gasteiger partial charge in [-0.2, -0.15) is 0 Å². The van der Waals surface area contributed by atoms with Gasteiger partial charge in [-0.3, -0.25) is 14.4 Å². The second-order valence-electron chi connectivity index (χ2n) is 7.23. The molecule has 1 rings (SSSR count). The van der Waals surface area contributed by atoms with Crippen molar-refractivity contribution in [2.24, 2.45) is 17.6 Å². The summed E-state index contributed by atoms with van der Waals surface area (Å²) in [6.45, 7) is 7.63. The third-order valence-electron chi connectivity index (χ3n) is 3.49. The Bertz CT molecular complexity index is 655. The molecule has 1 aromatic rings. The molecule has 0 aromatic heterocycles. The van der Waals surface area contributed by atoms with E-state index in [0.717, 1.165) is 0 Å². The van der Waals surface area contributed by atoms with Crippen LogP contribution in [0.5, 0.6) is 11.5 Å². The van der Waals surface area contributed by atoms with Crippen LogP contribution in [-0.4, -0.2) is 23.9 Å². The van der Waals surface area contributed by atoms with E-state index in [0.29, 0.717) is 12.0 Å². The van der Waals surface area contributed by atoms with Gasteiger partial charge in [0.1, 0.15) is 0 Å². The fraction of sp³-hybridized carbons (Fsp3) is 0.526. The lowest BCUT2D eigenvalue weighted by Crippen LogP contribution is -2.67. The van der Waals surface area contributed by atoms with E-state index in [1.807, 2.05) is 27.7 Å². The SMILES string of the molecule is CC(C)CC(=O)Oc1ccc(CC([NH3+])C(N)=O)cc1OC(=O)CC(C)C. The number of hydrogen-bond donors (Lipinski definition) is 2. The lowest BCUT2D eigenvalue weighted by atomic mass is 10.1. The lowest BCUT2D eigenvalue weighted by molar-refractivity contribution is -0.402. The maximum absolute atomic E-state index is 12.0. The Labute approximate surface area is 154 Å². The number of primary amides is 1. The number of quaternary nitrogens is 1. The molecule has 26 heavy (non-hydrogen) atoms. The number of carbonyl (C=O) groups excluding carboxylic acids is 3. The first kappa shape index (κ1) is 21.6. The second-order valence-corrected chi connectivity index (χ2v) is 7.23. The molecule has 7 heteroatoms. The second kappa shape index (κ2) is 9.91. The zero-order chi connectivity index (χ0) is 19.9. The maximum atomic E-state index is 12.0. The number of carbonyl (C=O) groups is 3. The molecule has 0 fully saturated rings. The minimum absolute atomic E-state index is 0.136. The van der Waals surface area contributed by atoms with Gasteiger partial charge >= 0.3 is 11.9 Å². The fourth-order valence-electron chi connectivity index (χ4n) is 2.22. The minimum atomic E-state index is -0.608. The highest BCUT2D eigenvalue weighted by Gasteiger charge is 2.19. The monoisotopic (exact) mass is 365 g/mol. The summed E-state index contributed by atoms with van der Waals surface area (Å²) >= 11 is 0. The quantitative estimate of drug-likeness (QED) is 0.503. The topological polar surface area (TPSA) is 123 Å². The van der Waals surface area contributed by atoms with Gasteiger partial charge in [0.05, 0.1) is 0 Å². The molecule has 0 saturated heterocycles. The van der Waals surface area contributed by atoms with Crippen LogP contribution in [0.4, 0.5) is 0 Å². The van der Waals surface area contributed by atoms with Crippen molar-refractivity contribution in [3.05, 3.63) is 23.8 Å². The molecule has 7 nitrogen and oxygen atoms in total. The maximum Gasteiger partial charge on any atom is 0.311 e. The molecule has 0 radical (unpaired) electrons. The van der Waals surface area contributed by atoms with Crippen molar-refractivity contribution in [3.63, 3.8) is 0 Å². The summed E-state index contributed by atoms with van der Waals surface area (Å²) in [6.07, 6.45) is 0.789. The molecule has 144 valence electrons. The molecule has 0 heterocycles. The Morgan fingerprint density at radius 3 is 1.92 bits per heavy atom. The predicted molar refractivity (Wildman–Crippen MR) is 96.2 cm³/mol. The number of esters is 2. The van der Waals surface area contributed by atoms with E-state index in [-0.39, 0.29) is 36.2 Å². The van der Waals surface area contributed by atoms with Crippen molar-refractivity contribution < 1.29 is 29.6 Å². The van der Waals surface area contributed by atoms with Crippen LogP contribution >= 0.6 is 0 Å². The standard InChI is InChI=1S/C19H28N2O5/c1-11(2)7-17(22)25-15-6-5-13(9-14(20)19(21)24)10-16(15)26-18(23)8-12(3)4/h5-6,10-12,14H,7-9,20H2,1-4H3,(H2,21,24)/p+1. The lowest BCUT2D eigenvalue weighted by Gasteiger charge is -2.14. The van der Waals surface area contributed by atoms with Crippen LogP contribution in [0.15, 0.2) is 18.2 Å². The third kappa shape index (κ3) is 7.65. The highest BCUT2D eigenvalue weighted by atomic mass is 16.6. The van der Waals surface area contributed by atoms with Crippen LogP contribution in [-0.2, 0) is 20.8 Å². The van der Waals surface area contributed by atoms with Crippen molar-refractivity contribution in [2.75, 3.05) is 0 Å². The Kier molecular flexibility index (Phi) is 8.25. The summed E-state index contributed by atoms with van der Waals surface area (Å²) in [7, 11) is 0. The van der Waals surface area contributed by atoms with Crippen LogP contribution in [0.3, 0.4) is 0 Å². The number of benzene rings is 1. The van der Waals surface area contributed by atoms with E-state index in [1.165, 1.54) is 0 Å². The van der Waals surface area contributed by atoms with E-state index in [1.54, 1.807) is 18.2 Å². The Balaban J connectivity index is 3.04. The van der Waals surface area contributed by atoms with Gasteiger partial charge in [-0.15, -0.1) is 0 Å². The average molecular weight is 365 g/mol. The molecule has 1 atom stereocenters. The molecule has 1 amide bonds. The van der Waals surface area contributed by atoms with Gasteiger partial charge in [0.15, 0.2) is 17.5 Å². The largest absolute Gasteiger partial charge is 0.423 e. The van der Waals surface area contributed by atoms with E-state index >= 15 is 0 Å². The van der Waals surface area contributed by atoms with Gasteiger partial charge in [-0.25, -0.2) is 0 Å². The highest BCUT2D eigenvalue weighted by Crippen LogP contribution is 2.30. The number of rotatable bonds is 9. The van der Waals surface area contributed by atoms with Crippen LogP contribution < -0.4 is 20.9 Å². The fourth-order valence-corrected chi connectivity index (χ4v) is 2.22. The van der Waals surface area contributed by atoms with Crippen molar-refractivity contribution in [1.82, 2.24) is 0 Å². The number of amides is 1. The van der Waals surface area contributed by atoms with Crippen LogP contribution in [0.2, 0.25) is 0 Å². The first-order valence-electron chi connectivity index (χ1n) is 8.75. The number of ether oxygens (including phenoxy) is 2. The minimum Gasteiger partial charge on any atom is -0.423 e. The van der Waals surface area contributed by atoms with E-state index in [9.17, 15) is 14.4 Å². The molecule has 0 spiro atoms. The first-order valence-corrected chi connectivity index (χ1v) is 8.75. The predicted octanol–water partition coefficient (Wildman–Crippen LogP) is 1.23. The van der Waals surface area contributed by atoms with Crippen LogP contribution in [0.25, 0.3) is 0 Å². The smallest absolute Gasteiger partial charge is 0.311 e. The molecule has 5 N–H and O–H groups in total. The molecular weight excluding hydrogens is 336 g/mol. The summed E-state index contributed by atoms with van der Waals surface area (Å²) in [5.41, 5.74) is 9.65. The van der Waals surface area contributed by atoms with Gasteiger partial charge in [-0.1, -0.05) is 33.8 Å². The van der Waals surface area contributed by atoms with E-state index in [2.05, 4.69) is 5.73 Å². The summed E-state index contributed by atoms with van der Waals surface area (Å²) in [5.74, 6) is -0.720. The Morgan fingerprint density at radius 1 is 0.962 bits per heavy atom. The Hall–Kier alpha value is -2.41. The zero-order valence-electron chi connectivity index (χ0n) is 15.9. The number of hydrogen-bond acceptors (Lipinski definition) is 5. The molecule has 0 aliphatic heterocycles. The van der Waals surface area contributed by atoms with E-state index in [4.69, 9.17) is 15.2 Å². The van der Waals surface area contributed by atoms with Crippen molar-refractivity contribution in [1.29, 1.82) is 0 Å². The normalized spacial score (nSPS) is 12.1. The summed E-state index contributed by atoms with van der Waals surface area (Å²) in [4.78, 5) is 35.2. The molecule has 0 saturated carbocycles. The van der Waals surface area contributed by atoms with Gasteiger partial charge < -0.3 is 20.9 Å². The van der Waals surface area contributed by atoms with Crippen LogP contribution in [0, 0.1) is 11.8 Å². The first-order chi connectivity index (χ1) is 12.1. The van der Waals surface area contributed by atoms with Gasteiger partial charge in [0, 0.05) is 19.3 Å². The molecule has 0 bridgehead atoms. The van der Waals surface area contributed by atoms with Gasteiger partial charge in [0.2, 0.25) is 0 Å². The van der Waals surface area contributed by atoms with Crippen LogP contribution in [0.1, 0.15) is 46.1 Å². The third-order valence-corrected chi connectivity index (χ3v) is 3.49. The number of nitrogens with two attached hydrogens (primary N) is 1. The highest BCUT2D eigenvalue weighted by molar-refractivity contribution is 5.79. The van der Waals surface area contributed by atoms with Gasteiger partial charge in [0.25, 0.3) is 5.91 Å². The molecular formula is C19H29N2O5+. The van der Waals surface area contributed by atoms with Gasteiger partial charge in [-0.05, 0) is 29.5 Å². The molecule has 0 aliphatic rings. The zero-order valence-corrected chi connectivity index (χ0v) is 15.9. The summed E-state index contributed by atoms with van der Waals surface area (Å²) in [5, 5.41) is 0. The van der Waals surface area contributed by atoms with Crippen molar-refractivity contribution in [3.8, 4) is 11.5 Å². The van der Waals surface area contributed by atoms with Crippen molar-refractivity contribution >= 4 is 17.8 Å².